The Labute approximate surface area is 143 Å². The zero-order valence-electron chi connectivity index (χ0n) is 14.3. The summed E-state index contributed by atoms with van der Waals surface area (Å²) in [6.07, 6.45) is 8.14. The van der Waals surface area contributed by atoms with Crippen LogP contribution in [0.15, 0.2) is 45.6 Å². The molecule has 0 saturated heterocycles. The number of nitrogens with one attached hydrogen (secondary N) is 2. The van der Waals surface area contributed by atoms with E-state index < -0.39 is 0 Å². The molecular weight excluding hydrogens is 304 g/mol. The molecule has 1 saturated carbocycles. The number of quaternary nitrogens is 1. The lowest BCUT2D eigenvalue weighted by Gasteiger charge is -2.29. The molecule has 2 N–H and O–H groups in total. The van der Waals surface area contributed by atoms with Gasteiger partial charge >= 0.3 is 0 Å². The van der Waals surface area contributed by atoms with Crippen LogP contribution in [-0.2, 0) is 17.9 Å². The Morgan fingerprint density at radius 2 is 1.75 bits per heavy atom. The van der Waals surface area contributed by atoms with Gasteiger partial charge in [-0.05, 0) is 43.0 Å². The summed E-state index contributed by atoms with van der Waals surface area (Å²) >= 11 is 0. The maximum atomic E-state index is 12.5. The summed E-state index contributed by atoms with van der Waals surface area (Å²) < 4.78 is 10.9. The van der Waals surface area contributed by atoms with Gasteiger partial charge < -0.3 is 19.1 Å². The zero-order valence-corrected chi connectivity index (χ0v) is 14.3. The zero-order chi connectivity index (χ0) is 16.8. The number of hydrogen-bond acceptors (Lipinski definition) is 3. The summed E-state index contributed by atoms with van der Waals surface area (Å²) in [5, 5.41) is 3.24. The monoisotopic (exact) mass is 331 g/mol. The van der Waals surface area contributed by atoms with Gasteiger partial charge in [0, 0.05) is 6.04 Å². The van der Waals surface area contributed by atoms with Crippen LogP contribution in [0.1, 0.15) is 44.1 Å². The molecule has 130 valence electrons. The van der Waals surface area contributed by atoms with Crippen LogP contribution in [-0.4, -0.2) is 18.5 Å². The number of carbonyl (C=O) groups is 1. The molecule has 2 aromatic rings. The fourth-order valence-electron chi connectivity index (χ4n) is 3.52. The summed E-state index contributed by atoms with van der Waals surface area (Å²) in [6, 6.07) is 7.97. The van der Waals surface area contributed by atoms with E-state index in [1.807, 2.05) is 24.3 Å². The molecule has 2 atom stereocenters. The van der Waals surface area contributed by atoms with Crippen LogP contribution in [0.3, 0.4) is 0 Å². The minimum Gasteiger partial charge on any atom is -0.463 e. The largest absolute Gasteiger partial charge is 0.463 e. The van der Waals surface area contributed by atoms with E-state index in [0.717, 1.165) is 22.8 Å². The maximum absolute atomic E-state index is 12.5. The van der Waals surface area contributed by atoms with Crippen LogP contribution in [0, 0.1) is 5.92 Å². The highest BCUT2D eigenvalue weighted by Crippen LogP contribution is 2.23. The fourth-order valence-corrected chi connectivity index (χ4v) is 3.52. The predicted molar refractivity (Wildman–Crippen MR) is 90.2 cm³/mol. The normalized spacial score (nSPS) is 21.1. The summed E-state index contributed by atoms with van der Waals surface area (Å²) in [6.45, 7) is 3.99. The fraction of sp³-hybridized carbons (Fsp3) is 0.526. The van der Waals surface area contributed by atoms with Crippen LogP contribution in [0.5, 0.6) is 0 Å². The Balaban J connectivity index is 1.58. The lowest BCUT2D eigenvalue weighted by atomic mass is 9.86. The Bertz CT molecular complexity index is 570. The first-order valence-corrected chi connectivity index (χ1v) is 8.88. The highest BCUT2D eigenvalue weighted by Gasteiger charge is 2.25. The quantitative estimate of drug-likeness (QED) is 0.817. The second-order valence-corrected chi connectivity index (χ2v) is 6.87. The van der Waals surface area contributed by atoms with Crippen molar-refractivity contribution in [2.45, 2.75) is 51.7 Å². The van der Waals surface area contributed by atoms with Gasteiger partial charge in [-0.25, -0.2) is 0 Å². The SMILES string of the molecule is C[C@H]1CCCC[C@@H]1NC(=O)C[NH+](Cc1ccco1)Cc1ccco1. The number of hydrogen-bond donors (Lipinski definition) is 2. The van der Waals surface area contributed by atoms with Gasteiger partial charge in [-0.1, -0.05) is 19.8 Å². The Kier molecular flexibility index (Phi) is 5.75. The molecular formula is C19H27N2O3+. The van der Waals surface area contributed by atoms with Crippen molar-refractivity contribution in [1.29, 1.82) is 0 Å². The Morgan fingerprint density at radius 3 is 2.29 bits per heavy atom. The second-order valence-electron chi connectivity index (χ2n) is 6.87. The lowest BCUT2D eigenvalue weighted by molar-refractivity contribution is -0.921. The van der Waals surface area contributed by atoms with Crippen molar-refractivity contribution in [2.24, 2.45) is 5.92 Å². The van der Waals surface area contributed by atoms with Crippen LogP contribution in [0.25, 0.3) is 0 Å². The number of furan rings is 2. The van der Waals surface area contributed by atoms with Crippen LogP contribution < -0.4 is 10.2 Å². The molecule has 2 heterocycles. The molecule has 1 aliphatic rings. The third-order valence-corrected chi connectivity index (χ3v) is 4.88. The third kappa shape index (κ3) is 4.74. The molecule has 1 amide bonds. The standard InChI is InChI=1S/C19H26N2O3/c1-15-6-2-3-9-18(15)20-19(22)14-21(12-16-7-4-10-23-16)13-17-8-5-11-24-17/h4-5,7-8,10-11,15,18H,2-3,6,9,12-14H2,1H3,(H,20,22)/p+1/t15-,18-/m0/s1. The molecule has 0 unspecified atom stereocenters. The van der Waals surface area contributed by atoms with Gasteiger partial charge in [0.25, 0.3) is 5.91 Å². The van der Waals surface area contributed by atoms with Gasteiger partial charge in [-0.15, -0.1) is 0 Å². The molecule has 0 spiro atoms. The van der Waals surface area contributed by atoms with Crippen molar-refractivity contribution in [3.8, 4) is 0 Å². The minimum absolute atomic E-state index is 0.113. The molecule has 0 aliphatic heterocycles. The van der Waals surface area contributed by atoms with Crippen molar-refractivity contribution >= 4 is 5.91 Å². The highest BCUT2D eigenvalue weighted by atomic mass is 16.3. The topological polar surface area (TPSA) is 59.8 Å². The molecule has 5 heteroatoms. The van der Waals surface area contributed by atoms with E-state index >= 15 is 0 Å². The molecule has 0 bridgehead atoms. The highest BCUT2D eigenvalue weighted by molar-refractivity contribution is 5.77. The maximum Gasteiger partial charge on any atom is 0.275 e. The molecule has 1 fully saturated rings. The second kappa shape index (κ2) is 8.20. The van der Waals surface area contributed by atoms with E-state index in [4.69, 9.17) is 8.83 Å². The minimum atomic E-state index is 0.113. The van der Waals surface area contributed by atoms with Gasteiger partial charge in [0.15, 0.2) is 18.1 Å². The predicted octanol–water partition coefficient (Wildman–Crippen LogP) is 2.15. The average molecular weight is 331 g/mol. The van der Waals surface area contributed by atoms with E-state index in [0.29, 0.717) is 31.6 Å². The van der Waals surface area contributed by atoms with Gasteiger partial charge in [0.05, 0.1) is 12.5 Å². The molecule has 1 aliphatic carbocycles. The van der Waals surface area contributed by atoms with E-state index in [2.05, 4.69) is 12.2 Å². The first kappa shape index (κ1) is 16.8. The van der Waals surface area contributed by atoms with Crippen molar-refractivity contribution in [2.75, 3.05) is 6.54 Å². The average Bonchev–Trinajstić information content (AvgIpc) is 3.23. The molecule has 0 aromatic carbocycles. The summed E-state index contributed by atoms with van der Waals surface area (Å²) in [7, 11) is 0. The summed E-state index contributed by atoms with van der Waals surface area (Å²) in [5.41, 5.74) is 0. The first-order chi connectivity index (χ1) is 11.7. The molecule has 5 nitrogen and oxygen atoms in total. The van der Waals surface area contributed by atoms with Crippen LogP contribution in [0.2, 0.25) is 0 Å². The van der Waals surface area contributed by atoms with E-state index in [1.54, 1.807) is 12.5 Å². The number of carbonyl (C=O) groups excluding carboxylic acids is 1. The molecule has 0 radical (unpaired) electrons. The van der Waals surface area contributed by atoms with E-state index in [-0.39, 0.29) is 5.91 Å². The summed E-state index contributed by atoms with van der Waals surface area (Å²) in [5.74, 6) is 2.45. The van der Waals surface area contributed by atoms with Gasteiger partial charge in [-0.2, -0.15) is 0 Å². The molecule has 2 aromatic heterocycles. The third-order valence-electron chi connectivity index (χ3n) is 4.88. The van der Waals surface area contributed by atoms with E-state index in [1.165, 1.54) is 19.3 Å². The van der Waals surface area contributed by atoms with Crippen LogP contribution >= 0.6 is 0 Å². The Morgan fingerprint density at radius 1 is 1.12 bits per heavy atom. The lowest BCUT2D eigenvalue weighted by Crippen LogP contribution is -3.10. The number of rotatable bonds is 7. The van der Waals surface area contributed by atoms with Crippen molar-refractivity contribution < 1.29 is 18.5 Å². The first-order valence-electron chi connectivity index (χ1n) is 8.88. The van der Waals surface area contributed by atoms with Gasteiger partial charge in [-0.3, -0.25) is 4.79 Å². The number of amides is 1. The van der Waals surface area contributed by atoms with Crippen molar-refractivity contribution in [1.82, 2.24) is 5.32 Å². The molecule has 24 heavy (non-hydrogen) atoms. The van der Waals surface area contributed by atoms with Crippen molar-refractivity contribution in [3.05, 3.63) is 48.3 Å². The van der Waals surface area contributed by atoms with Crippen LogP contribution in [0.4, 0.5) is 0 Å². The van der Waals surface area contributed by atoms with Gasteiger partial charge in [0.1, 0.15) is 13.1 Å². The smallest absolute Gasteiger partial charge is 0.275 e. The van der Waals surface area contributed by atoms with E-state index in [9.17, 15) is 4.79 Å². The molecule has 3 rings (SSSR count). The van der Waals surface area contributed by atoms with Crippen molar-refractivity contribution in [3.63, 3.8) is 0 Å². The van der Waals surface area contributed by atoms with Gasteiger partial charge in [0.2, 0.25) is 0 Å². The Hall–Kier alpha value is -2.01. The summed E-state index contributed by atoms with van der Waals surface area (Å²) in [4.78, 5) is 13.6.